The van der Waals surface area contributed by atoms with Crippen LogP contribution in [0.4, 0.5) is 15.8 Å². The number of hydrogen-bond acceptors (Lipinski definition) is 4. The first-order valence-electron chi connectivity index (χ1n) is 6.57. The molecule has 0 spiro atoms. The molecule has 1 saturated carbocycles. The predicted octanol–water partition coefficient (Wildman–Crippen LogP) is 3.49. The normalized spacial score (nSPS) is 23.1. The molecule has 2 atom stereocenters. The van der Waals surface area contributed by atoms with Gasteiger partial charge < -0.3 is 10.4 Å². The van der Waals surface area contributed by atoms with Gasteiger partial charge in [0.2, 0.25) is 0 Å². The summed E-state index contributed by atoms with van der Waals surface area (Å²) in [5.41, 5.74) is -0.226. The number of hydrogen-bond donors (Lipinski definition) is 2. The predicted molar refractivity (Wildman–Crippen MR) is 74.6 cm³/mol. The molecule has 1 aromatic rings. The molecular weight excluding hydrogens is 287 g/mol. The van der Waals surface area contributed by atoms with Gasteiger partial charge in [-0.15, -0.1) is 0 Å². The van der Waals surface area contributed by atoms with Crippen LogP contribution in [0, 0.1) is 15.9 Å². The Bertz CT molecular complexity index is 513. The Kier molecular flexibility index (Phi) is 4.77. The summed E-state index contributed by atoms with van der Waals surface area (Å²) in [5, 5.41) is 23.8. The van der Waals surface area contributed by atoms with Crippen LogP contribution >= 0.6 is 11.6 Å². The molecule has 1 aromatic carbocycles. The van der Waals surface area contributed by atoms with Crippen LogP contribution in [0.1, 0.15) is 32.1 Å². The summed E-state index contributed by atoms with van der Waals surface area (Å²) in [6.45, 7) is 0. The van der Waals surface area contributed by atoms with Gasteiger partial charge in [-0.3, -0.25) is 10.1 Å². The zero-order valence-electron chi connectivity index (χ0n) is 10.8. The van der Waals surface area contributed by atoms with Crippen molar-refractivity contribution in [2.24, 2.45) is 0 Å². The van der Waals surface area contributed by atoms with E-state index in [2.05, 4.69) is 5.32 Å². The first-order valence-corrected chi connectivity index (χ1v) is 6.95. The van der Waals surface area contributed by atoms with E-state index in [9.17, 15) is 19.6 Å². The molecule has 0 radical (unpaired) electrons. The molecular formula is C13H16ClFN2O3. The molecule has 0 heterocycles. The molecule has 0 amide bonds. The highest BCUT2D eigenvalue weighted by atomic mass is 35.5. The van der Waals surface area contributed by atoms with Crippen molar-refractivity contribution in [3.05, 3.63) is 33.1 Å². The summed E-state index contributed by atoms with van der Waals surface area (Å²) < 4.78 is 13.3. The fraction of sp³-hybridized carbons (Fsp3) is 0.538. The van der Waals surface area contributed by atoms with Crippen LogP contribution < -0.4 is 5.32 Å². The maximum Gasteiger partial charge on any atom is 0.295 e. The number of rotatable bonds is 3. The molecule has 1 fully saturated rings. The van der Waals surface area contributed by atoms with Crippen LogP contribution in [0.3, 0.4) is 0 Å². The molecule has 5 nitrogen and oxygen atoms in total. The summed E-state index contributed by atoms with van der Waals surface area (Å²) in [6.07, 6.45) is 3.71. The van der Waals surface area contributed by atoms with Crippen molar-refractivity contribution in [2.45, 2.75) is 44.2 Å². The van der Waals surface area contributed by atoms with E-state index in [0.717, 1.165) is 25.3 Å². The number of nitrogens with one attached hydrogen (secondary N) is 1. The topological polar surface area (TPSA) is 75.4 Å². The van der Waals surface area contributed by atoms with Crippen molar-refractivity contribution in [1.29, 1.82) is 0 Å². The molecule has 2 N–H and O–H groups in total. The molecule has 7 heteroatoms. The molecule has 0 saturated heterocycles. The number of anilines is 1. The lowest BCUT2D eigenvalue weighted by molar-refractivity contribution is -0.384. The van der Waals surface area contributed by atoms with Crippen LogP contribution in [-0.4, -0.2) is 22.2 Å². The van der Waals surface area contributed by atoms with Crippen LogP contribution in [0.25, 0.3) is 0 Å². The van der Waals surface area contributed by atoms with Crippen LogP contribution in [0.15, 0.2) is 12.1 Å². The van der Waals surface area contributed by atoms with Gasteiger partial charge in [0.15, 0.2) is 0 Å². The minimum absolute atomic E-state index is 0.146. The molecule has 0 aromatic heterocycles. The fourth-order valence-corrected chi connectivity index (χ4v) is 2.62. The molecule has 0 aliphatic heterocycles. The second-order valence-corrected chi connectivity index (χ2v) is 5.40. The molecule has 0 bridgehead atoms. The van der Waals surface area contributed by atoms with Crippen LogP contribution in [0.5, 0.6) is 0 Å². The Morgan fingerprint density at radius 1 is 1.35 bits per heavy atom. The van der Waals surface area contributed by atoms with Crippen molar-refractivity contribution in [3.8, 4) is 0 Å². The highest BCUT2D eigenvalue weighted by molar-refractivity contribution is 6.31. The Labute approximate surface area is 120 Å². The standard InChI is InChI=1S/C13H16ClFN2O3/c14-8-6-11(12(17(19)20)7-9(8)15)16-10-4-2-1-3-5-13(10)18/h6-7,10,13,16,18H,1-5H2. The fourth-order valence-electron chi connectivity index (χ4n) is 2.46. The van der Waals surface area contributed by atoms with Gasteiger partial charge >= 0.3 is 0 Å². The van der Waals surface area contributed by atoms with Crippen molar-refractivity contribution < 1.29 is 14.4 Å². The van der Waals surface area contributed by atoms with E-state index in [1.807, 2.05) is 0 Å². The van der Waals surface area contributed by atoms with Gasteiger partial charge in [-0.2, -0.15) is 0 Å². The Morgan fingerprint density at radius 3 is 2.75 bits per heavy atom. The van der Waals surface area contributed by atoms with E-state index >= 15 is 0 Å². The van der Waals surface area contributed by atoms with Crippen LogP contribution in [-0.2, 0) is 0 Å². The van der Waals surface area contributed by atoms with Crippen molar-refractivity contribution in [3.63, 3.8) is 0 Å². The maximum absolute atomic E-state index is 13.3. The van der Waals surface area contributed by atoms with E-state index < -0.39 is 16.8 Å². The lowest BCUT2D eigenvalue weighted by Gasteiger charge is -2.22. The van der Waals surface area contributed by atoms with E-state index in [4.69, 9.17) is 11.6 Å². The molecule has 1 aliphatic carbocycles. The number of nitro groups is 1. The number of aliphatic hydroxyl groups is 1. The number of aliphatic hydroxyl groups excluding tert-OH is 1. The summed E-state index contributed by atoms with van der Waals surface area (Å²) >= 11 is 5.68. The van der Waals surface area contributed by atoms with E-state index in [1.54, 1.807) is 0 Å². The van der Waals surface area contributed by atoms with Crippen molar-refractivity contribution in [1.82, 2.24) is 0 Å². The lowest BCUT2D eigenvalue weighted by Crippen LogP contribution is -2.32. The second kappa shape index (κ2) is 6.37. The number of nitro benzene ring substituents is 1. The smallest absolute Gasteiger partial charge is 0.295 e. The largest absolute Gasteiger partial charge is 0.391 e. The van der Waals surface area contributed by atoms with Crippen molar-refractivity contribution in [2.75, 3.05) is 5.32 Å². The number of benzene rings is 1. The molecule has 2 unspecified atom stereocenters. The molecule has 110 valence electrons. The van der Waals surface area contributed by atoms with E-state index in [0.29, 0.717) is 12.8 Å². The Morgan fingerprint density at radius 2 is 2.05 bits per heavy atom. The van der Waals surface area contributed by atoms with E-state index in [1.165, 1.54) is 6.07 Å². The quantitative estimate of drug-likeness (QED) is 0.509. The van der Waals surface area contributed by atoms with Gasteiger partial charge in [0.1, 0.15) is 11.5 Å². The number of nitrogens with zero attached hydrogens (tertiary/aromatic N) is 1. The first-order chi connectivity index (χ1) is 9.49. The maximum atomic E-state index is 13.3. The second-order valence-electron chi connectivity index (χ2n) is 5.00. The zero-order chi connectivity index (χ0) is 14.7. The summed E-state index contributed by atoms with van der Waals surface area (Å²) in [4.78, 5) is 10.3. The number of halogens is 2. The highest BCUT2D eigenvalue weighted by Gasteiger charge is 2.25. The summed E-state index contributed by atoms with van der Waals surface area (Å²) in [6, 6.07) is 1.72. The summed E-state index contributed by atoms with van der Waals surface area (Å²) in [7, 11) is 0. The third-order valence-corrected chi connectivity index (χ3v) is 3.85. The Balaban J connectivity index is 2.27. The minimum atomic E-state index is -0.828. The lowest BCUT2D eigenvalue weighted by atomic mass is 10.1. The van der Waals surface area contributed by atoms with Gasteiger partial charge in [0.25, 0.3) is 5.69 Å². The minimum Gasteiger partial charge on any atom is -0.391 e. The van der Waals surface area contributed by atoms with Gasteiger partial charge in [-0.25, -0.2) is 4.39 Å². The van der Waals surface area contributed by atoms with Gasteiger partial charge in [-0.05, 0) is 18.9 Å². The van der Waals surface area contributed by atoms with Crippen LogP contribution in [0.2, 0.25) is 5.02 Å². The SMILES string of the molecule is O=[N+]([O-])c1cc(F)c(Cl)cc1NC1CCCCCC1O. The van der Waals surface area contributed by atoms with Gasteiger partial charge in [-0.1, -0.05) is 30.9 Å². The van der Waals surface area contributed by atoms with E-state index in [-0.39, 0.29) is 22.4 Å². The third-order valence-electron chi connectivity index (χ3n) is 3.56. The monoisotopic (exact) mass is 302 g/mol. The van der Waals surface area contributed by atoms with Crippen molar-refractivity contribution >= 4 is 23.0 Å². The molecule has 1 aliphatic rings. The average Bonchev–Trinajstić information content (AvgIpc) is 2.59. The Hall–Kier alpha value is -1.40. The highest BCUT2D eigenvalue weighted by Crippen LogP contribution is 2.32. The summed E-state index contributed by atoms with van der Waals surface area (Å²) in [5.74, 6) is -0.828. The van der Waals surface area contributed by atoms with Gasteiger partial charge in [0, 0.05) is 0 Å². The van der Waals surface area contributed by atoms with Gasteiger partial charge in [0.05, 0.1) is 28.2 Å². The molecule has 20 heavy (non-hydrogen) atoms. The zero-order valence-corrected chi connectivity index (χ0v) is 11.6. The molecule has 2 rings (SSSR count). The first kappa shape index (κ1) is 15.0. The third kappa shape index (κ3) is 3.37. The average molecular weight is 303 g/mol.